The van der Waals surface area contributed by atoms with Crippen molar-refractivity contribution in [1.82, 2.24) is 9.88 Å². The van der Waals surface area contributed by atoms with Crippen molar-refractivity contribution >= 4 is 11.9 Å². The molecule has 0 bridgehead atoms. The average molecular weight is 352 g/mol. The number of hydrogen-bond donors (Lipinski definition) is 1. The summed E-state index contributed by atoms with van der Waals surface area (Å²) >= 11 is 0. The van der Waals surface area contributed by atoms with Crippen molar-refractivity contribution in [1.29, 1.82) is 0 Å². The Morgan fingerprint density at radius 3 is 2.65 bits per heavy atom. The number of likely N-dealkylation sites (tertiary alicyclic amines) is 1. The molecule has 2 heterocycles. The number of rotatable bonds is 5. The zero-order valence-corrected chi connectivity index (χ0v) is 15.0. The number of amides is 1. The van der Waals surface area contributed by atoms with Gasteiger partial charge in [-0.15, -0.1) is 0 Å². The van der Waals surface area contributed by atoms with Gasteiger partial charge in [-0.2, -0.15) is 0 Å². The van der Waals surface area contributed by atoms with Gasteiger partial charge in [0.25, 0.3) is 5.91 Å². The molecule has 0 spiro atoms. The van der Waals surface area contributed by atoms with Crippen molar-refractivity contribution < 1.29 is 14.7 Å². The number of pyridine rings is 1. The van der Waals surface area contributed by atoms with Crippen molar-refractivity contribution in [2.75, 3.05) is 6.54 Å². The Morgan fingerprint density at radius 1 is 1.15 bits per heavy atom. The SMILES string of the molecule is Cc1ccc(-c2cncc(C(=O)N3CCCCC3CCC(=O)O)c2)cc1. The van der Waals surface area contributed by atoms with Gasteiger partial charge in [0.1, 0.15) is 0 Å². The third-order valence-electron chi connectivity index (χ3n) is 4.95. The third-order valence-corrected chi connectivity index (χ3v) is 4.95. The molecule has 3 rings (SSSR count). The molecule has 0 radical (unpaired) electrons. The molecule has 1 N–H and O–H groups in total. The molecule has 1 aromatic carbocycles. The van der Waals surface area contributed by atoms with Crippen LogP contribution in [0.5, 0.6) is 0 Å². The second kappa shape index (κ2) is 8.13. The van der Waals surface area contributed by atoms with E-state index in [1.54, 1.807) is 12.4 Å². The van der Waals surface area contributed by atoms with E-state index in [4.69, 9.17) is 5.11 Å². The quantitative estimate of drug-likeness (QED) is 0.885. The summed E-state index contributed by atoms with van der Waals surface area (Å²) in [6.45, 7) is 2.72. The molecule has 5 nitrogen and oxygen atoms in total. The number of hydrogen-bond acceptors (Lipinski definition) is 3. The maximum Gasteiger partial charge on any atom is 0.303 e. The predicted octanol–water partition coefficient (Wildman–Crippen LogP) is 3.92. The number of carboxylic acids is 1. The number of aliphatic carboxylic acids is 1. The van der Waals surface area contributed by atoms with E-state index < -0.39 is 5.97 Å². The summed E-state index contributed by atoms with van der Waals surface area (Å²) in [5, 5.41) is 8.95. The molecule has 0 saturated carbocycles. The fourth-order valence-corrected chi connectivity index (χ4v) is 3.48. The highest BCUT2D eigenvalue weighted by Gasteiger charge is 2.28. The van der Waals surface area contributed by atoms with Crippen molar-refractivity contribution in [3.63, 3.8) is 0 Å². The van der Waals surface area contributed by atoms with E-state index >= 15 is 0 Å². The Kier molecular flexibility index (Phi) is 5.66. The number of carboxylic acid groups (broad SMARTS) is 1. The van der Waals surface area contributed by atoms with Crippen molar-refractivity contribution in [3.8, 4) is 11.1 Å². The van der Waals surface area contributed by atoms with E-state index in [9.17, 15) is 9.59 Å². The number of aryl methyl sites for hydroxylation is 1. The van der Waals surface area contributed by atoms with Crippen LogP contribution in [0.25, 0.3) is 11.1 Å². The lowest BCUT2D eigenvalue weighted by molar-refractivity contribution is -0.137. The molecule has 26 heavy (non-hydrogen) atoms. The van der Waals surface area contributed by atoms with Gasteiger partial charge in [0.15, 0.2) is 0 Å². The van der Waals surface area contributed by atoms with E-state index in [1.165, 1.54) is 5.56 Å². The molecule has 1 atom stereocenters. The Balaban J connectivity index is 1.80. The number of nitrogens with zero attached hydrogens (tertiary/aromatic N) is 2. The van der Waals surface area contributed by atoms with Crippen LogP contribution in [0.15, 0.2) is 42.7 Å². The second-order valence-electron chi connectivity index (χ2n) is 6.91. The molecule has 2 aromatic rings. The van der Waals surface area contributed by atoms with Gasteiger partial charge >= 0.3 is 5.97 Å². The summed E-state index contributed by atoms with van der Waals surface area (Å²) in [7, 11) is 0. The summed E-state index contributed by atoms with van der Waals surface area (Å²) in [5.41, 5.74) is 3.68. The minimum atomic E-state index is -0.814. The van der Waals surface area contributed by atoms with E-state index in [1.807, 2.05) is 42.2 Å². The summed E-state index contributed by atoms with van der Waals surface area (Å²) in [5.74, 6) is -0.868. The molecular weight excluding hydrogens is 328 g/mol. The standard InChI is InChI=1S/C21H24N2O3/c1-15-5-7-16(8-6-15)17-12-18(14-22-13-17)21(26)23-11-3-2-4-19(23)9-10-20(24)25/h5-8,12-14,19H,2-4,9-11H2,1H3,(H,24,25). The summed E-state index contributed by atoms with van der Waals surface area (Å²) in [4.78, 5) is 30.0. The van der Waals surface area contributed by atoms with Gasteiger partial charge in [0, 0.05) is 37.0 Å². The average Bonchev–Trinajstić information content (AvgIpc) is 2.66. The van der Waals surface area contributed by atoms with Gasteiger partial charge in [-0.3, -0.25) is 14.6 Å². The highest BCUT2D eigenvalue weighted by atomic mass is 16.4. The van der Waals surface area contributed by atoms with E-state index in [0.29, 0.717) is 18.5 Å². The Bertz CT molecular complexity index is 786. The van der Waals surface area contributed by atoms with Gasteiger partial charge in [0.05, 0.1) is 5.56 Å². The van der Waals surface area contributed by atoms with Crippen molar-refractivity contribution in [2.45, 2.75) is 45.1 Å². The zero-order valence-electron chi connectivity index (χ0n) is 15.0. The molecule has 5 heteroatoms. The Morgan fingerprint density at radius 2 is 1.92 bits per heavy atom. The van der Waals surface area contributed by atoms with Crippen LogP contribution in [-0.2, 0) is 4.79 Å². The van der Waals surface area contributed by atoms with Gasteiger partial charge < -0.3 is 10.0 Å². The molecule has 1 aromatic heterocycles. The fraction of sp³-hybridized carbons (Fsp3) is 0.381. The minimum Gasteiger partial charge on any atom is -0.481 e. The van der Waals surface area contributed by atoms with E-state index in [0.717, 1.165) is 30.4 Å². The Labute approximate surface area is 153 Å². The maximum absolute atomic E-state index is 13.0. The number of aromatic nitrogens is 1. The molecule has 1 unspecified atom stereocenters. The number of carbonyl (C=O) groups is 2. The van der Waals surface area contributed by atoms with Crippen LogP contribution in [0, 0.1) is 6.92 Å². The molecule has 136 valence electrons. The first-order valence-corrected chi connectivity index (χ1v) is 9.09. The van der Waals surface area contributed by atoms with Crippen molar-refractivity contribution in [2.24, 2.45) is 0 Å². The number of benzene rings is 1. The second-order valence-corrected chi connectivity index (χ2v) is 6.91. The molecular formula is C21H24N2O3. The van der Waals surface area contributed by atoms with Crippen LogP contribution < -0.4 is 0 Å². The lowest BCUT2D eigenvalue weighted by atomic mass is 9.96. The first-order valence-electron chi connectivity index (χ1n) is 9.09. The fourth-order valence-electron chi connectivity index (χ4n) is 3.48. The molecule has 1 saturated heterocycles. The van der Waals surface area contributed by atoms with Gasteiger partial charge in [-0.25, -0.2) is 0 Å². The van der Waals surface area contributed by atoms with E-state index in [2.05, 4.69) is 4.98 Å². The summed E-state index contributed by atoms with van der Waals surface area (Å²) in [6, 6.07) is 10.00. The zero-order chi connectivity index (χ0) is 18.5. The van der Waals surface area contributed by atoms with Crippen LogP contribution in [0.3, 0.4) is 0 Å². The van der Waals surface area contributed by atoms with Crippen molar-refractivity contribution in [3.05, 3.63) is 53.9 Å². The third kappa shape index (κ3) is 4.28. The van der Waals surface area contributed by atoms with Crippen LogP contribution in [0.1, 0.15) is 48.0 Å². The van der Waals surface area contributed by atoms with Gasteiger partial charge in [0.2, 0.25) is 0 Å². The highest BCUT2D eigenvalue weighted by molar-refractivity contribution is 5.95. The molecule has 1 amide bonds. The first-order chi connectivity index (χ1) is 12.5. The lowest BCUT2D eigenvalue weighted by Crippen LogP contribution is -2.44. The topological polar surface area (TPSA) is 70.5 Å². The van der Waals surface area contributed by atoms with Crippen LogP contribution in [0.4, 0.5) is 0 Å². The maximum atomic E-state index is 13.0. The van der Waals surface area contributed by atoms with Crippen LogP contribution >= 0.6 is 0 Å². The molecule has 0 aliphatic carbocycles. The largest absolute Gasteiger partial charge is 0.481 e. The smallest absolute Gasteiger partial charge is 0.303 e. The number of piperidine rings is 1. The van der Waals surface area contributed by atoms with E-state index in [-0.39, 0.29) is 18.4 Å². The first kappa shape index (κ1) is 18.1. The predicted molar refractivity (Wildman–Crippen MR) is 100.0 cm³/mol. The Hall–Kier alpha value is -2.69. The summed E-state index contributed by atoms with van der Waals surface area (Å²) < 4.78 is 0. The minimum absolute atomic E-state index is 0.00428. The van der Waals surface area contributed by atoms with Gasteiger partial charge in [-0.05, 0) is 44.2 Å². The normalized spacial score (nSPS) is 17.1. The van der Waals surface area contributed by atoms with Crippen LogP contribution in [-0.4, -0.2) is 39.5 Å². The number of carbonyl (C=O) groups excluding carboxylic acids is 1. The highest BCUT2D eigenvalue weighted by Crippen LogP contribution is 2.25. The van der Waals surface area contributed by atoms with Crippen LogP contribution in [0.2, 0.25) is 0 Å². The molecule has 1 aliphatic heterocycles. The molecule has 1 fully saturated rings. The molecule has 1 aliphatic rings. The summed E-state index contributed by atoms with van der Waals surface area (Å²) in [6.07, 6.45) is 6.82. The monoisotopic (exact) mass is 352 g/mol. The van der Waals surface area contributed by atoms with Gasteiger partial charge in [-0.1, -0.05) is 29.8 Å². The lowest BCUT2D eigenvalue weighted by Gasteiger charge is -2.35.